The highest BCUT2D eigenvalue weighted by Gasteiger charge is 2.09. The van der Waals surface area contributed by atoms with E-state index in [9.17, 15) is 9.90 Å². The van der Waals surface area contributed by atoms with Crippen LogP contribution in [-0.4, -0.2) is 17.6 Å². The van der Waals surface area contributed by atoms with E-state index in [1.165, 1.54) is 24.9 Å². The van der Waals surface area contributed by atoms with E-state index in [0.29, 0.717) is 11.3 Å². The van der Waals surface area contributed by atoms with E-state index in [0.717, 1.165) is 0 Å². The molecule has 0 aromatic carbocycles. The van der Waals surface area contributed by atoms with E-state index in [2.05, 4.69) is 5.32 Å². The Balaban J connectivity index is 1.78. The molecule has 1 atom stereocenters. The molecule has 0 saturated carbocycles. The molecule has 5 nitrogen and oxygen atoms in total. The monoisotopic (exact) mass is 247 g/mol. The van der Waals surface area contributed by atoms with Gasteiger partial charge in [-0.15, -0.1) is 0 Å². The number of aliphatic hydroxyl groups excluding tert-OH is 1. The number of nitrogens with one attached hydrogen (secondary N) is 1. The second-order valence-corrected chi connectivity index (χ2v) is 3.67. The van der Waals surface area contributed by atoms with Crippen LogP contribution in [0.2, 0.25) is 0 Å². The molecule has 1 amide bonds. The lowest BCUT2D eigenvalue weighted by atomic mass is 10.2. The molecular formula is C13H13NO4. The van der Waals surface area contributed by atoms with Crippen LogP contribution >= 0.6 is 0 Å². The molecule has 0 fully saturated rings. The zero-order valence-corrected chi connectivity index (χ0v) is 9.58. The number of carbonyl (C=O) groups is 1. The predicted molar refractivity (Wildman–Crippen MR) is 64.4 cm³/mol. The summed E-state index contributed by atoms with van der Waals surface area (Å²) >= 11 is 0. The molecule has 5 heteroatoms. The summed E-state index contributed by atoms with van der Waals surface area (Å²) in [5.74, 6) is 0.300. The van der Waals surface area contributed by atoms with Crippen LogP contribution in [0.5, 0.6) is 0 Å². The smallest absolute Gasteiger partial charge is 0.244 e. The molecule has 2 aromatic rings. The molecule has 0 spiro atoms. The first kappa shape index (κ1) is 12.2. The van der Waals surface area contributed by atoms with Crippen molar-refractivity contribution in [3.8, 4) is 0 Å². The van der Waals surface area contributed by atoms with E-state index >= 15 is 0 Å². The molecule has 0 aliphatic carbocycles. The Kier molecular flexibility index (Phi) is 3.98. The molecule has 2 heterocycles. The number of amides is 1. The lowest BCUT2D eigenvalue weighted by molar-refractivity contribution is -0.116. The van der Waals surface area contributed by atoms with Crippen LogP contribution in [0.15, 0.2) is 51.9 Å². The summed E-state index contributed by atoms with van der Waals surface area (Å²) in [5, 5.41) is 12.3. The molecule has 0 aliphatic rings. The SMILES string of the molecule is O=C(/C=C/c1ccco1)NC[C@H](O)c1ccoc1. The Labute approximate surface area is 104 Å². The minimum Gasteiger partial charge on any atom is -0.472 e. The molecule has 2 N–H and O–H groups in total. The third kappa shape index (κ3) is 3.36. The quantitative estimate of drug-likeness (QED) is 0.789. The van der Waals surface area contributed by atoms with Gasteiger partial charge in [0.05, 0.1) is 24.9 Å². The third-order valence-electron chi connectivity index (χ3n) is 2.34. The molecule has 0 radical (unpaired) electrons. The second kappa shape index (κ2) is 5.88. The van der Waals surface area contributed by atoms with Crippen LogP contribution < -0.4 is 5.32 Å². The Hall–Kier alpha value is -2.27. The summed E-state index contributed by atoms with van der Waals surface area (Å²) in [7, 11) is 0. The maximum atomic E-state index is 11.4. The van der Waals surface area contributed by atoms with Crippen molar-refractivity contribution < 1.29 is 18.7 Å². The Bertz CT molecular complexity index is 499. The van der Waals surface area contributed by atoms with Crippen molar-refractivity contribution in [1.29, 1.82) is 0 Å². The van der Waals surface area contributed by atoms with Gasteiger partial charge in [-0.3, -0.25) is 4.79 Å². The average molecular weight is 247 g/mol. The van der Waals surface area contributed by atoms with E-state index in [4.69, 9.17) is 8.83 Å². The number of hydrogen-bond donors (Lipinski definition) is 2. The predicted octanol–water partition coefficient (Wildman–Crippen LogP) is 1.74. The molecule has 0 bridgehead atoms. The first-order valence-corrected chi connectivity index (χ1v) is 5.45. The fourth-order valence-electron chi connectivity index (χ4n) is 1.38. The Morgan fingerprint density at radius 3 is 3.00 bits per heavy atom. The van der Waals surface area contributed by atoms with Crippen LogP contribution in [-0.2, 0) is 4.79 Å². The van der Waals surface area contributed by atoms with Gasteiger partial charge in [-0.25, -0.2) is 0 Å². The van der Waals surface area contributed by atoms with Gasteiger partial charge in [0, 0.05) is 18.2 Å². The fraction of sp³-hybridized carbons (Fsp3) is 0.154. The maximum Gasteiger partial charge on any atom is 0.244 e. The van der Waals surface area contributed by atoms with Gasteiger partial charge < -0.3 is 19.3 Å². The molecule has 0 saturated heterocycles. The third-order valence-corrected chi connectivity index (χ3v) is 2.34. The molecule has 0 unspecified atom stereocenters. The van der Waals surface area contributed by atoms with Crippen molar-refractivity contribution >= 4 is 12.0 Å². The van der Waals surface area contributed by atoms with Gasteiger partial charge in [0.2, 0.25) is 5.91 Å². The van der Waals surface area contributed by atoms with E-state index in [1.807, 2.05) is 0 Å². The molecule has 94 valence electrons. The molecular weight excluding hydrogens is 234 g/mol. The Morgan fingerprint density at radius 2 is 2.33 bits per heavy atom. The molecule has 18 heavy (non-hydrogen) atoms. The minimum atomic E-state index is -0.773. The van der Waals surface area contributed by atoms with Crippen LogP contribution in [0.1, 0.15) is 17.4 Å². The zero-order valence-electron chi connectivity index (χ0n) is 9.58. The number of carbonyl (C=O) groups excluding carboxylic acids is 1. The van der Waals surface area contributed by atoms with Gasteiger partial charge in [-0.1, -0.05) is 0 Å². The zero-order chi connectivity index (χ0) is 12.8. The van der Waals surface area contributed by atoms with Crippen molar-refractivity contribution in [3.05, 3.63) is 54.4 Å². The van der Waals surface area contributed by atoms with Gasteiger partial charge in [0.25, 0.3) is 0 Å². The summed E-state index contributed by atoms with van der Waals surface area (Å²) < 4.78 is 9.88. The van der Waals surface area contributed by atoms with E-state index < -0.39 is 6.10 Å². The molecule has 2 rings (SSSR count). The van der Waals surface area contributed by atoms with Crippen molar-refractivity contribution in [2.24, 2.45) is 0 Å². The van der Waals surface area contributed by atoms with Crippen molar-refractivity contribution in [3.63, 3.8) is 0 Å². The van der Waals surface area contributed by atoms with Crippen molar-refractivity contribution in [2.45, 2.75) is 6.10 Å². The molecule has 0 aliphatic heterocycles. The lowest BCUT2D eigenvalue weighted by Gasteiger charge is -2.08. The van der Waals surface area contributed by atoms with Gasteiger partial charge in [-0.05, 0) is 24.3 Å². The summed E-state index contributed by atoms with van der Waals surface area (Å²) in [5.41, 5.74) is 0.630. The highest BCUT2D eigenvalue weighted by molar-refractivity contribution is 5.91. The summed E-state index contributed by atoms with van der Waals surface area (Å²) in [4.78, 5) is 11.4. The summed E-state index contributed by atoms with van der Waals surface area (Å²) in [6.45, 7) is 0.126. The number of aliphatic hydroxyl groups is 1. The van der Waals surface area contributed by atoms with Gasteiger partial charge in [0.1, 0.15) is 5.76 Å². The number of rotatable bonds is 5. The summed E-state index contributed by atoms with van der Waals surface area (Å²) in [6, 6.07) is 5.12. The maximum absolute atomic E-state index is 11.4. The highest BCUT2D eigenvalue weighted by Crippen LogP contribution is 2.11. The number of furan rings is 2. The standard InChI is InChI=1S/C13H13NO4/c15-12(10-5-7-17-9-10)8-14-13(16)4-3-11-2-1-6-18-11/h1-7,9,12,15H,8H2,(H,14,16)/b4-3+/t12-/m0/s1. The van der Waals surface area contributed by atoms with Crippen molar-refractivity contribution in [2.75, 3.05) is 6.54 Å². The van der Waals surface area contributed by atoms with Crippen LogP contribution in [0.4, 0.5) is 0 Å². The highest BCUT2D eigenvalue weighted by atomic mass is 16.3. The second-order valence-electron chi connectivity index (χ2n) is 3.67. The van der Waals surface area contributed by atoms with Gasteiger partial charge >= 0.3 is 0 Å². The first-order chi connectivity index (χ1) is 8.75. The van der Waals surface area contributed by atoms with Gasteiger partial charge in [0.15, 0.2) is 0 Å². The minimum absolute atomic E-state index is 0.126. The molecule has 2 aromatic heterocycles. The van der Waals surface area contributed by atoms with Crippen LogP contribution in [0, 0.1) is 0 Å². The van der Waals surface area contributed by atoms with Crippen molar-refractivity contribution in [1.82, 2.24) is 5.32 Å². The average Bonchev–Trinajstić information content (AvgIpc) is 3.05. The fourth-order valence-corrected chi connectivity index (χ4v) is 1.38. The normalized spacial score (nSPS) is 12.7. The Morgan fingerprint density at radius 1 is 1.44 bits per heavy atom. The van der Waals surface area contributed by atoms with Gasteiger partial charge in [-0.2, -0.15) is 0 Å². The summed E-state index contributed by atoms with van der Waals surface area (Å²) in [6.07, 6.45) is 6.57. The van der Waals surface area contributed by atoms with E-state index in [-0.39, 0.29) is 12.5 Å². The van der Waals surface area contributed by atoms with E-state index in [1.54, 1.807) is 24.3 Å². The largest absolute Gasteiger partial charge is 0.472 e. The van der Waals surface area contributed by atoms with Crippen LogP contribution in [0.25, 0.3) is 6.08 Å². The topological polar surface area (TPSA) is 75.6 Å². The lowest BCUT2D eigenvalue weighted by Crippen LogP contribution is -2.26. The first-order valence-electron chi connectivity index (χ1n) is 5.45. The number of hydrogen-bond acceptors (Lipinski definition) is 4. The van der Waals surface area contributed by atoms with Crippen LogP contribution in [0.3, 0.4) is 0 Å².